The second-order valence-corrected chi connectivity index (χ2v) is 10.6. The smallest absolute Gasteiger partial charge is 0.334 e. The molecule has 0 unspecified atom stereocenters. The highest BCUT2D eigenvalue weighted by molar-refractivity contribution is 7.91. The molecule has 0 saturated carbocycles. The Bertz CT molecular complexity index is 1240. The topological polar surface area (TPSA) is 161 Å². The summed E-state index contributed by atoms with van der Waals surface area (Å²) in [4.78, 5) is 19.1. The molecule has 0 aliphatic rings. The van der Waals surface area contributed by atoms with Gasteiger partial charge in [0.1, 0.15) is 6.33 Å². The molecule has 0 aliphatic carbocycles. The molecule has 162 valence electrons. The average Bonchev–Trinajstić information content (AvgIpc) is 2.67. The predicted octanol–water partition coefficient (Wildman–Crippen LogP) is 2.68. The Morgan fingerprint density at radius 1 is 0.742 bits per heavy atom. The SMILES string of the molecule is CS(=O)(=O)c1ccc(Nc2ncnc(Nc3ccc(S(C)(=O)=O)cc3)c2[N+](=O)[O-])cc1. The average molecular weight is 463 g/mol. The van der Waals surface area contributed by atoms with Gasteiger partial charge in [-0.25, -0.2) is 26.8 Å². The summed E-state index contributed by atoms with van der Waals surface area (Å²) in [5, 5.41) is 17.2. The molecule has 2 aromatic carbocycles. The maximum atomic E-state index is 11.7. The molecule has 1 aromatic heterocycles. The molecule has 0 radical (unpaired) electrons. The van der Waals surface area contributed by atoms with Crippen molar-refractivity contribution >= 4 is 48.4 Å². The summed E-state index contributed by atoms with van der Waals surface area (Å²) in [5.41, 5.74) is 0.331. The monoisotopic (exact) mass is 463 g/mol. The van der Waals surface area contributed by atoms with E-state index in [9.17, 15) is 26.9 Å². The highest BCUT2D eigenvalue weighted by Crippen LogP contribution is 2.33. The first kappa shape index (κ1) is 22.1. The van der Waals surface area contributed by atoms with Gasteiger partial charge in [0.25, 0.3) is 0 Å². The van der Waals surface area contributed by atoms with Crippen LogP contribution in [-0.4, -0.2) is 44.2 Å². The molecular weight excluding hydrogens is 446 g/mol. The van der Waals surface area contributed by atoms with Crippen LogP contribution in [0, 0.1) is 10.1 Å². The summed E-state index contributed by atoms with van der Waals surface area (Å²) in [6, 6.07) is 11.3. The van der Waals surface area contributed by atoms with E-state index in [1.54, 1.807) is 0 Å². The van der Waals surface area contributed by atoms with Gasteiger partial charge < -0.3 is 10.6 Å². The third-order valence-corrected chi connectivity index (χ3v) is 6.35. The number of hydrogen-bond donors (Lipinski definition) is 2. The number of benzene rings is 2. The van der Waals surface area contributed by atoms with Crippen molar-refractivity contribution in [1.29, 1.82) is 0 Å². The number of anilines is 4. The molecule has 0 aliphatic heterocycles. The molecule has 3 aromatic rings. The molecule has 0 bridgehead atoms. The highest BCUT2D eigenvalue weighted by atomic mass is 32.2. The molecule has 3 rings (SSSR count). The van der Waals surface area contributed by atoms with E-state index in [-0.39, 0.29) is 21.4 Å². The Morgan fingerprint density at radius 2 is 1.10 bits per heavy atom. The molecule has 0 atom stereocenters. The van der Waals surface area contributed by atoms with E-state index in [0.717, 1.165) is 18.8 Å². The van der Waals surface area contributed by atoms with Crippen LogP contribution in [0.3, 0.4) is 0 Å². The summed E-state index contributed by atoms with van der Waals surface area (Å²) >= 11 is 0. The van der Waals surface area contributed by atoms with Gasteiger partial charge in [-0.3, -0.25) is 10.1 Å². The van der Waals surface area contributed by atoms with Gasteiger partial charge in [-0.1, -0.05) is 0 Å². The van der Waals surface area contributed by atoms with Crippen molar-refractivity contribution in [3.63, 3.8) is 0 Å². The van der Waals surface area contributed by atoms with Crippen LogP contribution < -0.4 is 10.6 Å². The summed E-state index contributed by atoms with van der Waals surface area (Å²) in [6.07, 6.45) is 3.27. The van der Waals surface area contributed by atoms with Crippen LogP contribution in [0.1, 0.15) is 0 Å². The van der Waals surface area contributed by atoms with Crippen molar-refractivity contribution in [2.75, 3.05) is 23.1 Å². The van der Waals surface area contributed by atoms with Gasteiger partial charge >= 0.3 is 5.69 Å². The number of rotatable bonds is 7. The van der Waals surface area contributed by atoms with Crippen molar-refractivity contribution in [1.82, 2.24) is 9.97 Å². The number of nitrogens with zero attached hydrogens (tertiary/aromatic N) is 3. The molecule has 1 heterocycles. The zero-order valence-electron chi connectivity index (χ0n) is 16.3. The fourth-order valence-corrected chi connectivity index (χ4v) is 3.84. The fourth-order valence-electron chi connectivity index (χ4n) is 2.58. The van der Waals surface area contributed by atoms with Crippen molar-refractivity contribution in [2.24, 2.45) is 0 Å². The van der Waals surface area contributed by atoms with E-state index in [1.165, 1.54) is 48.5 Å². The van der Waals surface area contributed by atoms with Gasteiger partial charge in [-0.05, 0) is 48.5 Å². The lowest BCUT2D eigenvalue weighted by Gasteiger charge is -2.11. The van der Waals surface area contributed by atoms with Crippen molar-refractivity contribution in [3.05, 3.63) is 65.0 Å². The number of sulfone groups is 2. The normalized spacial score (nSPS) is 11.7. The van der Waals surface area contributed by atoms with Crippen LogP contribution in [0.25, 0.3) is 0 Å². The maximum Gasteiger partial charge on any atom is 0.353 e. The van der Waals surface area contributed by atoms with Crippen LogP contribution in [-0.2, 0) is 19.7 Å². The number of aromatic nitrogens is 2. The Balaban J connectivity index is 1.92. The third kappa shape index (κ3) is 5.32. The molecular formula is C18H17N5O6S2. The van der Waals surface area contributed by atoms with Crippen molar-refractivity contribution in [2.45, 2.75) is 9.79 Å². The van der Waals surface area contributed by atoms with Crippen LogP contribution >= 0.6 is 0 Å². The molecule has 31 heavy (non-hydrogen) atoms. The van der Waals surface area contributed by atoms with E-state index < -0.39 is 30.3 Å². The Labute approximate surface area is 178 Å². The molecule has 11 nitrogen and oxygen atoms in total. The van der Waals surface area contributed by atoms with Crippen LogP contribution in [0.4, 0.5) is 28.7 Å². The van der Waals surface area contributed by atoms with E-state index in [1.807, 2.05) is 0 Å². The zero-order chi connectivity index (χ0) is 22.8. The standard InChI is InChI=1S/C18H17N5O6S2/c1-30(26,27)14-7-3-12(4-8-14)21-17-16(23(24)25)18(20-11-19-17)22-13-5-9-15(10-6-13)31(2,28)29/h3-11H,1-2H3,(H2,19,20,21,22). The lowest BCUT2D eigenvalue weighted by Crippen LogP contribution is -2.06. The van der Waals surface area contributed by atoms with Gasteiger partial charge in [0, 0.05) is 23.9 Å². The second kappa shape index (κ2) is 8.28. The zero-order valence-corrected chi connectivity index (χ0v) is 17.9. The number of nitro groups is 1. The molecule has 0 amide bonds. The second-order valence-electron chi connectivity index (χ2n) is 6.52. The van der Waals surface area contributed by atoms with Gasteiger partial charge in [-0.15, -0.1) is 0 Å². The Morgan fingerprint density at radius 3 is 1.39 bits per heavy atom. The van der Waals surface area contributed by atoms with Crippen molar-refractivity contribution in [3.8, 4) is 0 Å². The quantitative estimate of drug-likeness (QED) is 0.393. The van der Waals surface area contributed by atoms with Gasteiger partial charge in [-0.2, -0.15) is 0 Å². The molecule has 0 spiro atoms. The maximum absolute atomic E-state index is 11.7. The van der Waals surface area contributed by atoms with Crippen LogP contribution in [0.2, 0.25) is 0 Å². The first-order valence-electron chi connectivity index (χ1n) is 8.59. The lowest BCUT2D eigenvalue weighted by atomic mass is 10.3. The highest BCUT2D eigenvalue weighted by Gasteiger charge is 2.23. The first-order chi connectivity index (χ1) is 14.4. The Kier molecular flexibility index (Phi) is 5.90. The number of nitrogens with one attached hydrogen (secondary N) is 2. The summed E-state index contributed by atoms with van der Waals surface area (Å²) in [6.45, 7) is 0. The van der Waals surface area contributed by atoms with E-state index >= 15 is 0 Å². The van der Waals surface area contributed by atoms with E-state index in [0.29, 0.717) is 11.4 Å². The minimum Gasteiger partial charge on any atom is -0.334 e. The fraction of sp³-hybridized carbons (Fsp3) is 0.111. The molecule has 2 N–H and O–H groups in total. The van der Waals surface area contributed by atoms with E-state index in [2.05, 4.69) is 20.6 Å². The first-order valence-corrected chi connectivity index (χ1v) is 12.4. The van der Waals surface area contributed by atoms with Crippen LogP contribution in [0.15, 0.2) is 64.6 Å². The van der Waals surface area contributed by atoms with Crippen molar-refractivity contribution < 1.29 is 21.8 Å². The summed E-state index contributed by atoms with van der Waals surface area (Å²) < 4.78 is 46.3. The molecule has 0 saturated heterocycles. The predicted molar refractivity (Wildman–Crippen MR) is 114 cm³/mol. The summed E-state index contributed by atoms with van der Waals surface area (Å²) in [7, 11) is -6.75. The largest absolute Gasteiger partial charge is 0.353 e. The van der Waals surface area contributed by atoms with Gasteiger partial charge in [0.15, 0.2) is 19.7 Å². The van der Waals surface area contributed by atoms with E-state index in [4.69, 9.17) is 0 Å². The lowest BCUT2D eigenvalue weighted by molar-refractivity contribution is -0.383. The molecule has 13 heteroatoms. The number of hydrogen-bond acceptors (Lipinski definition) is 10. The minimum absolute atomic E-state index is 0.107. The van der Waals surface area contributed by atoms with Crippen LogP contribution in [0.5, 0.6) is 0 Å². The summed E-state index contributed by atoms with van der Waals surface area (Å²) in [5.74, 6) is -0.218. The Hall–Kier alpha value is -3.58. The minimum atomic E-state index is -3.38. The third-order valence-electron chi connectivity index (χ3n) is 4.10. The van der Waals surface area contributed by atoms with Gasteiger partial charge in [0.2, 0.25) is 11.6 Å². The van der Waals surface area contributed by atoms with Gasteiger partial charge in [0.05, 0.1) is 14.7 Å². The molecule has 0 fully saturated rings.